The quantitative estimate of drug-likeness (QED) is 0.489. The minimum Gasteiger partial charge on any atom is -0.394 e. The average molecular weight is 202 g/mol. The van der Waals surface area contributed by atoms with Gasteiger partial charge in [-0.1, -0.05) is 6.92 Å². The molecular weight excluding hydrogens is 180 g/mol. The van der Waals surface area contributed by atoms with Gasteiger partial charge in [0.15, 0.2) is 0 Å². The molecule has 1 fully saturated rings. The van der Waals surface area contributed by atoms with Gasteiger partial charge in [-0.25, -0.2) is 0 Å². The number of aliphatic hydroxyl groups is 2. The third-order valence-electron chi connectivity index (χ3n) is 3.27. The average Bonchev–Trinajstić information content (AvgIpc) is 2.61. The van der Waals surface area contributed by atoms with Gasteiger partial charge < -0.3 is 21.3 Å². The van der Waals surface area contributed by atoms with Gasteiger partial charge in [0, 0.05) is 12.1 Å². The van der Waals surface area contributed by atoms with Crippen LogP contribution in [0.5, 0.6) is 0 Å². The third kappa shape index (κ3) is 2.67. The molecule has 1 aliphatic carbocycles. The van der Waals surface area contributed by atoms with E-state index >= 15 is 0 Å². The highest BCUT2D eigenvalue weighted by atomic mass is 16.3. The lowest BCUT2D eigenvalue weighted by Crippen LogP contribution is -2.55. The first kappa shape index (κ1) is 11.9. The van der Waals surface area contributed by atoms with E-state index in [1.807, 2.05) is 6.92 Å². The van der Waals surface area contributed by atoms with Crippen LogP contribution in [0.3, 0.4) is 0 Å². The zero-order valence-corrected chi connectivity index (χ0v) is 8.87. The van der Waals surface area contributed by atoms with Gasteiger partial charge in [0.1, 0.15) is 0 Å². The van der Waals surface area contributed by atoms with E-state index in [-0.39, 0.29) is 19.3 Å². The number of nitrogens with one attached hydrogen (secondary N) is 1. The molecule has 0 aromatic carbocycles. The molecule has 0 heterocycles. The maximum atomic E-state index is 9.25. The molecule has 1 rings (SSSR count). The molecule has 0 aromatic rings. The number of nitrogens with two attached hydrogens (primary N) is 1. The molecule has 1 aliphatic rings. The van der Waals surface area contributed by atoms with Gasteiger partial charge in [-0.3, -0.25) is 0 Å². The molecule has 14 heavy (non-hydrogen) atoms. The molecule has 1 saturated carbocycles. The van der Waals surface area contributed by atoms with Crippen molar-refractivity contribution in [3.05, 3.63) is 0 Å². The highest BCUT2D eigenvalue weighted by molar-refractivity contribution is 4.92. The van der Waals surface area contributed by atoms with Crippen molar-refractivity contribution < 1.29 is 10.2 Å². The number of aliphatic hydroxyl groups excluding tert-OH is 2. The molecule has 0 aromatic heterocycles. The van der Waals surface area contributed by atoms with E-state index in [4.69, 9.17) is 5.73 Å². The van der Waals surface area contributed by atoms with Gasteiger partial charge in [-0.05, 0) is 25.7 Å². The Morgan fingerprint density at radius 1 is 1.36 bits per heavy atom. The van der Waals surface area contributed by atoms with Crippen molar-refractivity contribution in [2.75, 3.05) is 13.2 Å². The molecule has 4 heteroatoms. The fraction of sp³-hybridized carbons (Fsp3) is 1.00. The first-order chi connectivity index (χ1) is 6.65. The predicted molar refractivity (Wildman–Crippen MR) is 55.9 cm³/mol. The maximum Gasteiger partial charge on any atom is 0.0647 e. The van der Waals surface area contributed by atoms with E-state index in [1.165, 1.54) is 0 Å². The van der Waals surface area contributed by atoms with E-state index in [2.05, 4.69) is 5.32 Å². The van der Waals surface area contributed by atoms with Gasteiger partial charge >= 0.3 is 0 Å². The fourth-order valence-corrected chi connectivity index (χ4v) is 2.05. The standard InChI is InChI=1S/C10H22N2O2/c1-2-10(6-13,7-14)12-9-4-3-8(11)5-9/h8-9,12-14H,2-7,11H2,1H3. The Kier molecular flexibility index (Phi) is 4.31. The summed E-state index contributed by atoms with van der Waals surface area (Å²) in [7, 11) is 0. The van der Waals surface area contributed by atoms with E-state index in [1.54, 1.807) is 0 Å². The van der Waals surface area contributed by atoms with Crippen LogP contribution in [0.1, 0.15) is 32.6 Å². The Bertz CT molecular complexity index is 163. The summed E-state index contributed by atoms with van der Waals surface area (Å²) < 4.78 is 0. The Morgan fingerprint density at radius 3 is 2.36 bits per heavy atom. The van der Waals surface area contributed by atoms with Crippen LogP contribution in [0.15, 0.2) is 0 Å². The number of hydrogen-bond acceptors (Lipinski definition) is 4. The molecule has 0 aliphatic heterocycles. The summed E-state index contributed by atoms with van der Waals surface area (Å²) in [5, 5.41) is 21.8. The fourth-order valence-electron chi connectivity index (χ4n) is 2.05. The molecule has 0 radical (unpaired) electrons. The lowest BCUT2D eigenvalue weighted by molar-refractivity contribution is 0.0779. The largest absolute Gasteiger partial charge is 0.394 e. The van der Waals surface area contributed by atoms with Gasteiger partial charge in [-0.15, -0.1) is 0 Å². The van der Waals surface area contributed by atoms with Crippen molar-refractivity contribution in [3.63, 3.8) is 0 Å². The van der Waals surface area contributed by atoms with Gasteiger partial charge in [-0.2, -0.15) is 0 Å². The summed E-state index contributed by atoms with van der Waals surface area (Å²) in [4.78, 5) is 0. The second-order valence-electron chi connectivity index (χ2n) is 4.36. The smallest absolute Gasteiger partial charge is 0.0647 e. The Morgan fingerprint density at radius 2 is 2.00 bits per heavy atom. The van der Waals surface area contributed by atoms with E-state index in [0.29, 0.717) is 6.04 Å². The van der Waals surface area contributed by atoms with Crippen molar-refractivity contribution in [2.24, 2.45) is 5.73 Å². The second-order valence-corrected chi connectivity index (χ2v) is 4.36. The predicted octanol–water partition coefficient (Wildman–Crippen LogP) is -0.411. The summed E-state index contributed by atoms with van der Waals surface area (Å²) in [6, 6.07) is 0.628. The SMILES string of the molecule is CCC(CO)(CO)NC1CCC(N)C1. The summed E-state index contributed by atoms with van der Waals surface area (Å²) in [5.41, 5.74) is 5.28. The lowest BCUT2D eigenvalue weighted by Gasteiger charge is -2.33. The first-order valence-corrected chi connectivity index (χ1v) is 5.41. The summed E-state index contributed by atoms with van der Waals surface area (Å²) >= 11 is 0. The summed E-state index contributed by atoms with van der Waals surface area (Å²) in [6.07, 6.45) is 3.75. The molecule has 5 N–H and O–H groups in total. The van der Waals surface area contributed by atoms with Crippen molar-refractivity contribution in [1.29, 1.82) is 0 Å². The van der Waals surface area contributed by atoms with Gasteiger partial charge in [0.25, 0.3) is 0 Å². The summed E-state index contributed by atoms with van der Waals surface area (Å²) in [5.74, 6) is 0. The van der Waals surface area contributed by atoms with Gasteiger partial charge in [0.2, 0.25) is 0 Å². The highest BCUT2D eigenvalue weighted by Gasteiger charge is 2.32. The highest BCUT2D eigenvalue weighted by Crippen LogP contribution is 2.21. The van der Waals surface area contributed by atoms with Crippen LogP contribution in [0.4, 0.5) is 0 Å². The Hall–Kier alpha value is -0.160. The topological polar surface area (TPSA) is 78.5 Å². The first-order valence-electron chi connectivity index (χ1n) is 5.41. The molecule has 0 spiro atoms. The molecule has 4 nitrogen and oxygen atoms in total. The molecular formula is C10H22N2O2. The molecule has 0 saturated heterocycles. The van der Waals surface area contributed by atoms with Crippen LogP contribution in [-0.2, 0) is 0 Å². The van der Waals surface area contributed by atoms with E-state index in [0.717, 1.165) is 25.7 Å². The number of hydrogen-bond donors (Lipinski definition) is 4. The van der Waals surface area contributed by atoms with Crippen molar-refractivity contribution in [1.82, 2.24) is 5.32 Å². The molecule has 0 amide bonds. The van der Waals surface area contributed by atoms with Crippen LogP contribution in [-0.4, -0.2) is 41.0 Å². The monoisotopic (exact) mass is 202 g/mol. The zero-order chi connectivity index (χ0) is 10.6. The van der Waals surface area contributed by atoms with Crippen LogP contribution in [0.25, 0.3) is 0 Å². The van der Waals surface area contributed by atoms with Crippen molar-refractivity contribution >= 4 is 0 Å². The summed E-state index contributed by atoms with van der Waals surface area (Å²) in [6.45, 7) is 1.92. The normalized spacial score (nSPS) is 28.3. The van der Waals surface area contributed by atoms with E-state index in [9.17, 15) is 10.2 Å². The Balaban J connectivity index is 2.47. The van der Waals surface area contributed by atoms with Crippen LogP contribution >= 0.6 is 0 Å². The molecule has 2 unspecified atom stereocenters. The molecule has 84 valence electrons. The maximum absolute atomic E-state index is 9.25. The molecule has 0 bridgehead atoms. The minimum absolute atomic E-state index is 0.0221. The number of rotatable bonds is 5. The van der Waals surface area contributed by atoms with Crippen LogP contribution in [0.2, 0.25) is 0 Å². The van der Waals surface area contributed by atoms with E-state index < -0.39 is 5.54 Å². The minimum atomic E-state index is -0.519. The second kappa shape index (κ2) is 5.07. The van der Waals surface area contributed by atoms with Gasteiger partial charge in [0.05, 0.1) is 18.8 Å². The van der Waals surface area contributed by atoms with Crippen LogP contribution < -0.4 is 11.1 Å². The third-order valence-corrected chi connectivity index (χ3v) is 3.27. The molecule has 2 atom stereocenters. The van der Waals surface area contributed by atoms with Crippen molar-refractivity contribution in [3.8, 4) is 0 Å². The van der Waals surface area contributed by atoms with Crippen molar-refractivity contribution in [2.45, 2.75) is 50.2 Å². The zero-order valence-electron chi connectivity index (χ0n) is 8.87. The Labute approximate surface area is 85.5 Å². The van der Waals surface area contributed by atoms with Crippen LogP contribution in [0, 0.1) is 0 Å². The lowest BCUT2D eigenvalue weighted by atomic mass is 9.96.